The van der Waals surface area contributed by atoms with Crippen LogP contribution in [0.25, 0.3) is 11.3 Å². The maximum atomic E-state index is 6.20. The highest BCUT2D eigenvalue weighted by molar-refractivity contribution is 7.98. The number of nitrogens with zero attached hydrogens (tertiary/aromatic N) is 2. The quantitative estimate of drug-likeness (QED) is 0.761. The third-order valence-electron chi connectivity index (χ3n) is 2.60. The van der Waals surface area contributed by atoms with E-state index < -0.39 is 0 Å². The number of aryl methyl sites for hydroxylation is 1. The first-order valence-corrected chi connectivity index (χ1v) is 7.05. The molecular formula is C12H12Cl2N2S. The van der Waals surface area contributed by atoms with Crippen molar-refractivity contribution in [3.8, 4) is 11.3 Å². The molecule has 0 unspecified atom stereocenters. The van der Waals surface area contributed by atoms with Gasteiger partial charge in [0.25, 0.3) is 0 Å². The highest BCUT2D eigenvalue weighted by Gasteiger charge is 2.15. The fourth-order valence-corrected chi connectivity index (χ4v) is 3.04. The fourth-order valence-electron chi connectivity index (χ4n) is 1.84. The van der Waals surface area contributed by atoms with Gasteiger partial charge in [-0.1, -0.05) is 23.2 Å². The van der Waals surface area contributed by atoms with Crippen LogP contribution in [0.5, 0.6) is 0 Å². The fraction of sp³-hybridized carbons (Fsp3) is 0.250. The van der Waals surface area contributed by atoms with Crippen LogP contribution >= 0.6 is 35.0 Å². The molecule has 0 aliphatic rings. The van der Waals surface area contributed by atoms with Gasteiger partial charge in [-0.25, -0.2) is 0 Å². The average molecular weight is 287 g/mol. The van der Waals surface area contributed by atoms with E-state index in [4.69, 9.17) is 23.2 Å². The molecule has 0 aliphatic heterocycles. The second-order valence-electron chi connectivity index (χ2n) is 3.73. The number of halogens is 2. The Morgan fingerprint density at radius 2 is 2.00 bits per heavy atom. The van der Waals surface area contributed by atoms with Gasteiger partial charge in [0.05, 0.1) is 15.7 Å². The maximum Gasteiger partial charge on any atom is 0.0979 e. The van der Waals surface area contributed by atoms with Gasteiger partial charge in [-0.05, 0) is 31.4 Å². The van der Waals surface area contributed by atoms with Crippen molar-refractivity contribution < 1.29 is 0 Å². The molecule has 2 aromatic rings. The lowest BCUT2D eigenvalue weighted by molar-refractivity contribution is 0.699. The van der Waals surface area contributed by atoms with Gasteiger partial charge in [0, 0.05) is 23.2 Å². The zero-order valence-corrected chi connectivity index (χ0v) is 12.1. The van der Waals surface area contributed by atoms with Crippen molar-refractivity contribution in [1.29, 1.82) is 0 Å². The minimum Gasteiger partial charge on any atom is -0.261 e. The Balaban J connectivity index is 2.61. The minimum absolute atomic E-state index is 0.631. The normalized spacial score (nSPS) is 10.9. The lowest BCUT2D eigenvalue weighted by Crippen LogP contribution is -1.91. The smallest absolute Gasteiger partial charge is 0.0979 e. The van der Waals surface area contributed by atoms with Crippen LogP contribution in [0.4, 0.5) is 0 Å². The predicted molar refractivity (Wildman–Crippen MR) is 75.2 cm³/mol. The second kappa shape index (κ2) is 4.92. The third-order valence-corrected chi connectivity index (χ3v) is 4.10. The Kier molecular flexibility index (Phi) is 3.71. The van der Waals surface area contributed by atoms with E-state index in [2.05, 4.69) is 12.0 Å². The standard InChI is InChI=1S/C12H12Cl2N2S/c1-7-11(15-16(2)12(7)17-3)9-5-4-8(13)6-10(9)14/h4-6H,1-3H3. The number of hydrogen-bond acceptors (Lipinski definition) is 2. The molecular weight excluding hydrogens is 275 g/mol. The Labute approximate surface area is 115 Å². The number of hydrogen-bond donors (Lipinski definition) is 0. The van der Waals surface area contributed by atoms with Crippen LogP contribution in [0, 0.1) is 6.92 Å². The molecule has 0 saturated heterocycles. The van der Waals surface area contributed by atoms with E-state index in [-0.39, 0.29) is 0 Å². The maximum absolute atomic E-state index is 6.20. The van der Waals surface area contributed by atoms with Crippen LogP contribution in [0.2, 0.25) is 10.0 Å². The summed E-state index contributed by atoms with van der Waals surface area (Å²) in [6.45, 7) is 2.05. The average Bonchev–Trinajstić information content (AvgIpc) is 2.54. The predicted octanol–water partition coefficient (Wildman–Crippen LogP) is 4.42. The van der Waals surface area contributed by atoms with Gasteiger partial charge < -0.3 is 0 Å². The summed E-state index contributed by atoms with van der Waals surface area (Å²) in [5.41, 5.74) is 2.98. The summed E-state index contributed by atoms with van der Waals surface area (Å²) in [7, 11) is 1.94. The summed E-state index contributed by atoms with van der Waals surface area (Å²) in [4.78, 5) is 0. The summed E-state index contributed by atoms with van der Waals surface area (Å²) in [6, 6.07) is 5.48. The SMILES string of the molecule is CSc1c(C)c(-c2ccc(Cl)cc2Cl)nn1C. The van der Waals surface area contributed by atoms with Gasteiger partial charge in [0.2, 0.25) is 0 Å². The molecule has 2 nitrogen and oxygen atoms in total. The third kappa shape index (κ3) is 2.32. The van der Waals surface area contributed by atoms with Gasteiger partial charge in [-0.2, -0.15) is 5.10 Å². The molecule has 0 radical (unpaired) electrons. The molecule has 0 bridgehead atoms. The van der Waals surface area contributed by atoms with Gasteiger partial charge in [0.1, 0.15) is 0 Å². The molecule has 5 heteroatoms. The van der Waals surface area contributed by atoms with Crippen LogP contribution in [0.3, 0.4) is 0 Å². The zero-order valence-electron chi connectivity index (χ0n) is 9.79. The van der Waals surface area contributed by atoms with E-state index in [9.17, 15) is 0 Å². The highest BCUT2D eigenvalue weighted by Crippen LogP contribution is 2.34. The highest BCUT2D eigenvalue weighted by atomic mass is 35.5. The first kappa shape index (κ1) is 12.8. The van der Waals surface area contributed by atoms with E-state index in [1.165, 1.54) is 0 Å². The summed E-state index contributed by atoms with van der Waals surface area (Å²) < 4.78 is 1.88. The number of benzene rings is 1. The summed E-state index contributed by atoms with van der Waals surface area (Å²) in [5.74, 6) is 0. The van der Waals surface area contributed by atoms with Gasteiger partial charge in [0.15, 0.2) is 0 Å². The van der Waals surface area contributed by atoms with Gasteiger partial charge in [-0.15, -0.1) is 11.8 Å². The molecule has 90 valence electrons. The van der Waals surface area contributed by atoms with Crippen LogP contribution in [0.15, 0.2) is 23.2 Å². The van der Waals surface area contributed by atoms with Crippen molar-refractivity contribution in [3.63, 3.8) is 0 Å². The van der Waals surface area contributed by atoms with Crippen molar-refractivity contribution >= 4 is 35.0 Å². The Bertz CT molecular complexity index is 564. The topological polar surface area (TPSA) is 17.8 Å². The van der Waals surface area contributed by atoms with E-state index in [0.717, 1.165) is 21.8 Å². The summed E-state index contributed by atoms with van der Waals surface area (Å²) in [6.07, 6.45) is 2.04. The van der Waals surface area contributed by atoms with Gasteiger partial charge in [-0.3, -0.25) is 4.68 Å². The number of rotatable bonds is 2. The van der Waals surface area contributed by atoms with Crippen LogP contribution < -0.4 is 0 Å². The number of thioether (sulfide) groups is 1. The molecule has 0 N–H and O–H groups in total. The Morgan fingerprint density at radius 1 is 1.29 bits per heavy atom. The molecule has 0 saturated carbocycles. The first-order valence-electron chi connectivity index (χ1n) is 5.07. The van der Waals surface area contributed by atoms with E-state index in [1.54, 1.807) is 17.8 Å². The monoisotopic (exact) mass is 286 g/mol. The molecule has 0 aliphatic carbocycles. The molecule has 0 atom stereocenters. The molecule has 17 heavy (non-hydrogen) atoms. The van der Waals surface area contributed by atoms with Crippen LogP contribution in [0.1, 0.15) is 5.56 Å². The Hall–Kier alpha value is -0.640. The minimum atomic E-state index is 0.631. The second-order valence-corrected chi connectivity index (χ2v) is 5.37. The van der Waals surface area contributed by atoms with Gasteiger partial charge >= 0.3 is 0 Å². The van der Waals surface area contributed by atoms with E-state index in [1.807, 2.05) is 30.1 Å². The molecule has 0 spiro atoms. The van der Waals surface area contributed by atoms with Crippen molar-refractivity contribution in [2.24, 2.45) is 7.05 Å². The molecule has 2 rings (SSSR count). The lowest BCUT2D eigenvalue weighted by atomic mass is 10.1. The van der Waals surface area contributed by atoms with Crippen molar-refractivity contribution in [3.05, 3.63) is 33.8 Å². The van der Waals surface area contributed by atoms with Crippen molar-refractivity contribution in [2.75, 3.05) is 6.26 Å². The number of aromatic nitrogens is 2. The largest absolute Gasteiger partial charge is 0.261 e. The molecule has 0 fully saturated rings. The molecule has 1 heterocycles. The Morgan fingerprint density at radius 3 is 2.53 bits per heavy atom. The van der Waals surface area contributed by atoms with E-state index in [0.29, 0.717) is 10.0 Å². The summed E-state index contributed by atoms with van der Waals surface area (Å²) in [5, 5.41) is 6.92. The van der Waals surface area contributed by atoms with Crippen molar-refractivity contribution in [2.45, 2.75) is 11.9 Å². The van der Waals surface area contributed by atoms with Crippen molar-refractivity contribution in [1.82, 2.24) is 9.78 Å². The molecule has 0 amide bonds. The van der Waals surface area contributed by atoms with Crippen LogP contribution in [-0.4, -0.2) is 16.0 Å². The molecule has 1 aromatic heterocycles. The lowest BCUT2D eigenvalue weighted by Gasteiger charge is -2.02. The summed E-state index contributed by atoms with van der Waals surface area (Å²) >= 11 is 13.8. The first-order chi connectivity index (χ1) is 8.04. The zero-order chi connectivity index (χ0) is 12.6. The van der Waals surface area contributed by atoms with Crippen LogP contribution in [-0.2, 0) is 7.05 Å². The van der Waals surface area contributed by atoms with E-state index >= 15 is 0 Å². The molecule has 1 aromatic carbocycles.